The van der Waals surface area contributed by atoms with Gasteiger partial charge in [-0.05, 0) is 18.4 Å². The van der Waals surface area contributed by atoms with Gasteiger partial charge in [-0.3, -0.25) is 4.79 Å². The third-order valence-electron chi connectivity index (χ3n) is 3.40. The third-order valence-corrected chi connectivity index (χ3v) is 4.62. The van der Waals surface area contributed by atoms with Crippen LogP contribution in [0.3, 0.4) is 0 Å². The van der Waals surface area contributed by atoms with E-state index in [0.717, 1.165) is 23.5 Å². The number of carbonyl (C=O) groups is 1. The molecule has 1 amide bonds. The lowest BCUT2D eigenvalue weighted by Gasteiger charge is -2.05. The van der Waals surface area contributed by atoms with Gasteiger partial charge in [0.05, 0.1) is 10.7 Å². The van der Waals surface area contributed by atoms with Crippen molar-refractivity contribution in [2.75, 3.05) is 6.54 Å². The van der Waals surface area contributed by atoms with Crippen molar-refractivity contribution in [2.45, 2.75) is 40.0 Å². The Bertz CT molecular complexity index is 605. The van der Waals surface area contributed by atoms with Gasteiger partial charge >= 0.3 is 0 Å². The minimum atomic E-state index is 0.132. The fraction of sp³-hybridized carbons (Fsp3) is 0.444. The Morgan fingerprint density at radius 2 is 2.00 bits per heavy atom. The maximum atomic E-state index is 11.6. The first-order chi connectivity index (χ1) is 10.5. The topological polar surface area (TPSA) is 42.0 Å². The van der Waals surface area contributed by atoms with Crippen LogP contribution in [-0.4, -0.2) is 17.4 Å². The van der Waals surface area contributed by atoms with E-state index < -0.39 is 0 Å². The molecule has 4 heteroatoms. The van der Waals surface area contributed by atoms with Crippen LogP contribution in [-0.2, 0) is 17.6 Å². The van der Waals surface area contributed by atoms with Crippen LogP contribution in [0.4, 0.5) is 0 Å². The van der Waals surface area contributed by atoms with Crippen molar-refractivity contribution in [3.05, 3.63) is 51.5 Å². The van der Waals surface area contributed by atoms with Crippen molar-refractivity contribution in [1.82, 2.24) is 10.3 Å². The summed E-state index contributed by atoms with van der Waals surface area (Å²) in [6.45, 7) is 6.85. The number of rotatable bonds is 7. The fourth-order valence-corrected chi connectivity index (χ4v) is 3.40. The number of amides is 1. The minimum absolute atomic E-state index is 0.132. The largest absolute Gasteiger partial charge is 0.356 e. The summed E-state index contributed by atoms with van der Waals surface area (Å²) in [6, 6.07) is 10.5. The molecule has 22 heavy (non-hydrogen) atoms. The number of hydrogen-bond acceptors (Lipinski definition) is 3. The van der Waals surface area contributed by atoms with Gasteiger partial charge in [0.15, 0.2) is 0 Å². The Hall–Kier alpha value is -1.68. The molecule has 0 aliphatic heterocycles. The summed E-state index contributed by atoms with van der Waals surface area (Å²) in [7, 11) is 0. The number of thiazole rings is 1. The molecule has 0 radical (unpaired) electrons. The second-order valence-electron chi connectivity index (χ2n) is 5.98. The molecule has 0 spiro atoms. The first-order valence-corrected chi connectivity index (χ1v) is 8.62. The number of hydrogen-bond donors (Lipinski definition) is 1. The van der Waals surface area contributed by atoms with Gasteiger partial charge in [-0.25, -0.2) is 4.98 Å². The van der Waals surface area contributed by atoms with Gasteiger partial charge in [0.25, 0.3) is 0 Å². The molecule has 0 saturated heterocycles. The molecule has 118 valence electrons. The van der Waals surface area contributed by atoms with E-state index in [4.69, 9.17) is 0 Å². The average Bonchev–Trinajstić information content (AvgIpc) is 2.79. The minimum Gasteiger partial charge on any atom is -0.356 e. The summed E-state index contributed by atoms with van der Waals surface area (Å²) in [5.74, 6) is 0.535. The molecule has 0 atom stereocenters. The van der Waals surface area contributed by atoms with Crippen LogP contribution in [0.25, 0.3) is 0 Å². The molecule has 1 N–H and O–H groups in total. The van der Waals surface area contributed by atoms with Crippen molar-refractivity contribution in [1.29, 1.82) is 0 Å². The summed E-state index contributed by atoms with van der Waals surface area (Å²) in [5.41, 5.74) is 2.42. The summed E-state index contributed by atoms with van der Waals surface area (Å²) < 4.78 is 0. The highest BCUT2D eigenvalue weighted by Gasteiger charge is 2.09. The van der Waals surface area contributed by atoms with E-state index in [9.17, 15) is 4.79 Å². The first-order valence-electron chi connectivity index (χ1n) is 7.80. The number of nitrogens with zero attached hydrogens (tertiary/aromatic N) is 1. The summed E-state index contributed by atoms with van der Waals surface area (Å²) in [5, 5.41) is 4.07. The van der Waals surface area contributed by atoms with Crippen LogP contribution >= 0.6 is 11.3 Å². The highest BCUT2D eigenvalue weighted by Crippen LogP contribution is 2.21. The van der Waals surface area contributed by atoms with Crippen LogP contribution in [0.5, 0.6) is 0 Å². The molecule has 2 aromatic rings. The normalized spacial score (nSPS) is 10.9. The smallest absolute Gasteiger partial charge is 0.220 e. The van der Waals surface area contributed by atoms with Gasteiger partial charge in [-0.2, -0.15) is 0 Å². The van der Waals surface area contributed by atoms with E-state index in [0.29, 0.717) is 18.9 Å². The predicted octanol–water partition coefficient (Wildman–Crippen LogP) is 3.75. The lowest BCUT2D eigenvalue weighted by atomic mass is 10.1. The fourth-order valence-electron chi connectivity index (χ4n) is 2.29. The number of benzene rings is 1. The molecule has 0 fully saturated rings. The standard InChI is InChI=1S/C18H24N2OS/c1-13(2)11-17(21)19-10-9-18-20-14(3)16(22-18)12-15-7-5-4-6-8-15/h4-8,13H,9-12H2,1-3H3,(H,19,21). The number of carbonyl (C=O) groups excluding carboxylic acids is 1. The molecule has 1 aromatic heterocycles. The van der Waals surface area contributed by atoms with Crippen molar-refractivity contribution in [2.24, 2.45) is 5.92 Å². The third kappa shape index (κ3) is 5.26. The highest BCUT2D eigenvalue weighted by molar-refractivity contribution is 7.11. The molecular weight excluding hydrogens is 292 g/mol. The molecule has 0 unspecified atom stereocenters. The van der Waals surface area contributed by atoms with Crippen molar-refractivity contribution in [3.8, 4) is 0 Å². The number of aromatic nitrogens is 1. The van der Waals surface area contributed by atoms with E-state index in [2.05, 4.69) is 55.3 Å². The van der Waals surface area contributed by atoms with E-state index in [1.807, 2.05) is 6.07 Å². The highest BCUT2D eigenvalue weighted by atomic mass is 32.1. The van der Waals surface area contributed by atoms with Crippen LogP contribution in [0.2, 0.25) is 0 Å². The molecule has 0 bridgehead atoms. The Morgan fingerprint density at radius 3 is 2.68 bits per heavy atom. The monoisotopic (exact) mass is 316 g/mol. The Morgan fingerprint density at radius 1 is 1.27 bits per heavy atom. The molecule has 1 heterocycles. The second-order valence-corrected chi connectivity index (χ2v) is 7.14. The lowest BCUT2D eigenvalue weighted by molar-refractivity contribution is -0.121. The van der Waals surface area contributed by atoms with Crippen LogP contribution in [0, 0.1) is 12.8 Å². The van der Waals surface area contributed by atoms with Crippen molar-refractivity contribution in [3.63, 3.8) is 0 Å². The van der Waals surface area contributed by atoms with Crippen LogP contribution in [0.1, 0.15) is 41.4 Å². The van der Waals surface area contributed by atoms with E-state index in [1.54, 1.807) is 11.3 Å². The molecule has 0 saturated carbocycles. The molecule has 0 aliphatic carbocycles. The van der Waals surface area contributed by atoms with Gasteiger partial charge in [0.1, 0.15) is 0 Å². The molecular formula is C18H24N2OS. The van der Waals surface area contributed by atoms with Crippen LogP contribution < -0.4 is 5.32 Å². The summed E-state index contributed by atoms with van der Waals surface area (Å²) >= 11 is 1.76. The lowest BCUT2D eigenvalue weighted by Crippen LogP contribution is -2.26. The Kier molecular flexibility index (Phi) is 6.13. The maximum Gasteiger partial charge on any atom is 0.220 e. The zero-order chi connectivity index (χ0) is 15.9. The van der Waals surface area contributed by atoms with E-state index in [1.165, 1.54) is 10.4 Å². The van der Waals surface area contributed by atoms with Crippen LogP contribution in [0.15, 0.2) is 30.3 Å². The summed E-state index contributed by atoms with van der Waals surface area (Å²) in [6.07, 6.45) is 2.34. The van der Waals surface area contributed by atoms with Gasteiger partial charge in [0.2, 0.25) is 5.91 Å². The quantitative estimate of drug-likeness (QED) is 0.845. The second kappa shape index (κ2) is 8.08. The molecule has 1 aromatic carbocycles. The Balaban J connectivity index is 1.86. The zero-order valence-electron chi connectivity index (χ0n) is 13.6. The first kappa shape index (κ1) is 16.7. The SMILES string of the molecule is Cc1nc(CCNC(=O)CC(C)C)sc1Cc1ccccc1. The Labute approximate surface area is 136 Å². The van der Waals surface area contributed by atoms with Gasteiger partial charge in [-0.1, -0.05) is 44.2 Å². The average molecular weight is 316 g/mol. The van der Waals surface area contributed by atoms with Crippen molar-refractivity contribution < 1.29 is 4.79 Å². The molecule has 0 aliphatic rings. The van der Waals surface area contributed by atoms with E-state index >= 15 is 0 Å². The number of nitrogens with one attached hydrogen (secondary N) is 1. The summed E-state index contributed by atoms with van der Waals surface area (Å²) in [4.78, 5) is 17.6. The van der Waals surface area contributed by atoms with E-state index in [-0.39, 0.29) is 5.91 Å². The molecule has 3 nitrogen and oxygen atoms in total. The molecule has 2 rings (SSSR count). The number of aryl methyl sites for hydroxylation is 1. The van der Waals surface area contributed by atoms with Gasteiger partial charge < -0.3 is 5.32 Å². The van der Waals surface area contributed by atoms with Crippen molar-refractivity contribution >= 4 is 17.2 Å². The predicted molar refractivity (Wildman–Crippen MR) is 92.3 cm³/mol. The van der Waals surface area contributed by atoms with Gasteiger partial charge in [0, 0.05) is 30.7 Å². The van der Waals surface area contributed by atoms with Gasteiger partial charge in [-0.15, -0.1) is 11.3 Å². The zero-order valence-corrected chi connectivity index (χ0v) is 14.4. The maximum absolute atomic E-state index is 11.6.